The van der Waals surface area contributed by atoms with Gasteiger partial charge in [-0.3, -0.25) is 0 Å². The maximum atomic E-state index is 5.21. The number of aliphatic imine (C=N–C) groups is 1. The van der Waals surface area contributed by atoms with Crippen LogP contribution in [0.5, 0.6) is 5.75 Å². The van der Waals surface area contributed by atoms with Crippen LogP contribution in [-0.4, -0.2) is 62.7 Å². The summed E-state index contributed by atoms with van der Waals surface area (Å²) >= 11 is 0. The predicted molar refractivity (Wildman–Crippen MR) is 134 cm³/mol. The maximum Gasteiger partial charge on any atom is 0.191 e. The van der Waals surface area contributed by atoms with E-state index in [1.54, 1.807) is 7.11 Å². The number of aromatic nitrogens is 1. The first-order chi connectivity index (χ1) is 14.2. The van der Waals surface area contributed by atoms with Crippen LogP contribution in [0.2, 0.25) is 0 Å². The van der Waals surface area contributed by atoms with Gasteiger partial charge in [0.05, 0.1) is 13.7 Å². The number of guanidine groups is 1. The summed E-state index contributed by atoms with van der Waals surface area (Å²) in [5.41, 5.74) is 2.28. The van der Waals surface area contributed by atoms with Crippen molar-refractivity contribution in [3.8, 4) is 5.75 Å². The molecule has 0 saturated carbocycles. The number of anilines is 1. The number of hydrogen-bond acceptors (Lipinski definition) is 5. The summed E-state index contributed by atoms with van der Waals surface area (Å²) in [6.07, 6.45) is 1.93. The summed E-state index contributed by atoms with van der Waals surface area (Å²) in [5.74, 6) is 2.71. The lowest BCUT2D eigenvalue weighted by Gasteiger charge is -2.33. The highest BCUT2D eigenvalue weighted by atomic mass is 127. The van der Waals surface area contributed by atoms with Gasteiger partial charge < -0.3 is 25.2 Å². The molecule has 1 aliphatic rings. The topological polar surface area (TPSA) is 65.0 Å². The fraction of sp³-hybridized carbons (Fsp3) is 0.455. The third kappa shape index (κ3) is 7.32. The highest BCUT2D eigenvalue weighted by molar-refractivity contribution is 14.0. The number of likely N-dealkylation sites (N-methyl/N-ethyl adjacent to an activating group) is 1. The van der Waals surface area contributed by atoms with Crippen LogP contribution in [0.1, 0.15) is 18.1 Å². The first-order valence-electron chi connectivity index (χ1n) is 10.2. The van der Waals surface area contributed by atoms with E-state index in [-0.39, 0.29) is 24.0 Å². The van der Waals surface area contributed by atoms with Gasteiger partial charge in [-0.1, -0.05) is 18.2 Å². The minimum Gasteiger partial charge on any atom is -0.497 e. The smallest absolute Gasteiger partial charge is 0.191 e. The van der Waals surface area contributed by atoms with Crippen LogP contribution in [0.15, 0.2) is 47.6 Å². The Morgan fingerprint density at radius 2 is 1.73 bits per heavy atom. The molecule has 0 unspecified atom stereocenters. The molecular weight excluding hydrogens is 491 g/mol. The van der Waals surface area contributed by atoms with Gasteiger partial charge in [0.1, 0.15) is 11.6 Å². The molecule has 2 aromatic rings. The molecule has 1 saturated heterocycles. The molecule has 0 aliphatic carbocycles. The van der Waals surface area contributed by atoms with E-state index in [0.29, 0.717) is 13.1 Å². The van der Waals surface area contributed by atoms with Crippen molar-refractivity contribution in [1.29, 1.82) is 0 Å². The Bertz CT molecular complexity index is 773. The fourth-order valence-electron chi connectivity index (χ4n) is 3.17. The lowest BCUT2D eigenvalue weighted by atomic mass is 10.2. The quantitative estimate of drug-likeness (QED) is 0.330. The van der Waals surface area contributed by atoms with E-state index in [0.717, 1.165) is 55.8 Å². The minimum absolute atomic E-state index is 0. The molecule has 0 radical (unpaired) electrons. The molecule has 1 aromatic heterocycles. The van der Waals surface area contributed by atoms with Crippen LogP contribution >= 0.6 is 24.0 Å². The fourth-order valence-corrected chi connectivity index (χ4v) is 3.17. The van der Waals surface area contributed by atoms with Crippen molar-refractivity contribution in [2.45, 2.75) is 20.0 Å². The van der Waals surface area contributed by atoms with Crippen LogP contribution in [0.4, 0.5) is 5.82 Å². The van der Waals surface area contributed by atoms with Gasteiger partial charge in [-0.05, 0) is 43.3 Å². The van der Waals surface area contributed by atoms with Gasteiger partial charge in [-0.15, -0.1) is 24.0 Å². The van der Waals surface area contributed by atoms with E-state index in [1.807, 2.05) is 18.3 Å². The van der Waals surface area contributed by atoms with E-state index in [1.165, 1.54) is 5.56 Å². The Morgan fingerprint density at radius 1 is 1.03 bits per heavy atom. The third-order valence-electron chi connectivity index (χ3n) is 5.02. The van der Waals surface area contributed by atoms with Crippen LogP contribution in [0.3, 0.4) is 0 Å². The molecule has 0 amide bonds. The molecule has 3 rings (SSSR count). The molecule has 30 heavy (non-hydrogen) atoms. The molecule has 2 N–H and O–H groups in total. The van der Waals surface area contributed by atoms with Crippen molar-refractivity contribution in [2.75, 3.05) is 51.8 Å². The van der Waals surface area contributed by atoms with Crippen molar-refractivity contribution >= 4 is 35.8 Å². The standard InChI is InChI=1S/C22H32N6O.HI/c1-4-23-22(25-15-18-5-8-20(29-3)9-6-18)26-17-19-7-10-21(24-16-19)28-13-11-27(2)12-14-28;/h5-10,16H,4,11-15,17H2,1-3H3,(H2,23,25,26);1H. The average Bonchev–Trinajstić information content (AvgIpc) is 2.77. The molecule has 0 spiro atoms. The summed E-state index contributed by atoms with van der Waals surface area (Å²) in [6, 6.07) is 12.3. The van der Waals surface area contributed by atoms with Crippen LogP contribution < -0.4 is 20.3 Å². The van der Waals surface area contributed by atoms with Gasteiger partial charge in [0.25, 0.3) is 0 Å². The molecular formula is C22H33IN6O. The second-order valence-electron chi connectivity index (χ2n) is 7.21. The van der Waals surface area contributed by atoms with Crippen molar-refractivity contribution in [3.63, 3.8) is 0 Å². The van der Waals surface area contributed by atoms with E-state index in [9.17, 15) is 0 Å². The zero-order chi connectivity index (χ0) is 20.5. The number of pyridine rings is 1. The second kappa shape index (κ2) is 12.6. The molecule has 1 fully saturated rings. The number of rotatable bonds is 7. The molecule has 0 bridgehead atoms. The van der Waals surface area contributed by atoms with Crippen molar-refractivity contribution in [2.24, 2.45) is 4.99 Å². The summed E-state index contributed by atoms with van der Waals surface area (Å²) in [5, 5.41) is 6.67. The minimum atomic E-state index is 0. The Balaban J connectivity index is 0.00000320. The first kappa shape index (κ1) is 24.2. The second-order valence-corrected chi connectivity index (χ2v) is 7.21. The predicted octanol–water partition coefficient (Wildman–Crippen LogP) is 2.72. The number of nitrogens with zero attached hydrogens (tertiary/aromatic N) is 4. The Labute approximate surface area is 196 Å². The molecule has 0 atom stereocenters. The Hall–Kier alpha value is -2.07. The van der Waals surface area contributed by atoms with Crippen molar-refractivity contribution in [3.05, 3.63) is 53.7 Å². The maximum absolute atomic E-state index is 5.21. The number of benzene rings is 1. The summed E-state index contributed by atoms with van der Waals surface area (Å²) in [4.78, 5) is 14.0. The van der Waals surface area contributed by atoms with Gasteiger partial charge >= 0.3 is 0 Å². The van der Waals surface area contributed by atoms with Gasteiger partial charge in [0.2, 0.25) is 0 Å². The highest BCUT2D eigenvalue weighted by Gasteiger charge is 2.14. The normalized spacial score (nSPS) is 14.8. The highest BCUT2D eigenvalue weighted by Crippen LogP contribution is 2.14. The molecule has 164 valence electrons. The van der Waals surface area contributed by atoms with E-state index < -0.39 is 0 Å². The number of halogens is 1. The molecule has 8 heteroatoms. The SMILES string of the molecule is CCNC(=NCc1ccc(N2CCN(C)CC2)nc1)NCc1ccc(OC)cc1.I. The van der Waals surface area contributed by atoms with Gasteiger partial charge in [-0.2, -0.15) is 0 Å². The third-order valence-corrected chi connectivity index (χ3v) is 5.02. The van der Waals surface area contributed by atoms with E-state index in [2.05, 4.69) is 63.7 Å². The van der Waals surface area contributed by atoms with Crippen LogP contribution in [0, 0.1) is 0 Å². The number of methoxy groups -OCH3 is 1. The lowest BCUT2D eigenvalue weighted by Crippen LogP contribution is -2.44. The number of nitrogens with one attached hydrogen (secondary N) is 2. The Morgan fingerprint density at radius 3 is 2.33 bits per heavy atom. The zero-order valence-corrected chi connectivity index (χ0v) is 20.4. The summed E-state index contributed by atoms with van der Waals surface area (Å²) in [6.45, 7) is 8.40. The lowest BCUT2D eigenvalue weighted by molar-refractivity contribution is 0.312. The average molecular weight is 524 g/mol. The van der Waals surface area contributed by atoms with Crippen molar-refractivity contribution in [1.82, 2.24) is 20.5 Å². The number of piperazine rings is 1. The Kier molecular flexibility index (Phi) is 10.2. The molecule has 7 nitrogen and oxygen atoms in total. The van der Waals surface area contributed by atoms with Gasteiger partial charge in [0.15, 0.2) is 5.96 Å². The number of hydrogen-bond donors (Lipinski definition) is 2. The number of ether oxygens (including phenoxy) is 1. The molecule has 2 heterocycles. The van der Waals surface area contributed by atoms with Gasteiger partial charge in [-0.25, -0.2) is 9.98 Å². The van der Waals surface area contributed by atoms with Gasteiger partial charge in [0, 0.05) is 45.5 Å². The summed E-state index contributed by atoms with van der Waals surface area (Å²) in [7, 11) is 3.84. The monoisotopic (exact) mass is 524 g/mol. The largest absolute Gasteiger partial charge is 0.497 e. The van der Waals surface area contributed by atoms with E-state index >= 15 is 0 Å². The first-order valence-corrected chi connectivity index (χ1v) is 10.2. The van der Waals surface area contributed by atoms with Crippen molar-refractivity contribution < 1.29 is 4.74 Å². The molecule has 1 aliphatic heterocycles. The zero-order valence-electron chi connectivity index (χ0n) is 18.1. The molecule has 1 aromatic carbocycles. The van der Waals surface area contributed by atoms with Crippen LogP contribution in [0.25, 0.3) is 0 Å². The van der Waals surface area contributed by atoms with Crippen LogP contribution in [-0.2, 0) is 13.1 Å². The summed E-state index contributed by atoms with van der Waals surface area (Å²) < 4.78 is 5.21. The van der Waals surface area contributed by atoms with E-state index in [4.69, 9.17) is 9.73 Å².